The van der Waals surface area contributed by atoms with Crippen molar-refractivity contribution in [3.05, 3.63) is 29.8 Å². The van der Waals surface area contributed by atoms with E-state index in [9.17, 15) is 4.79 Å². The summed E-state index contributed by atoms with van der Waals surface area (Å²) in [6, 6.07) is 7.52. The summed E-state index contributed by atoms with van der Waals surface area (Å²) in [5.41, 5.74) is 1.16. The van der Waals surface area contributed by atoms with Crippen LogP contribution in [-0.4, -0.2) is 19.2 Å². The molecule has 3 nitrogen and oxygen atoms in total. The van der Waals surface area contributed by atoms with E-state index in [1.807, 2.05) is 31.2 Å². The van der Waals surface area contributed by atoms with Gasteiger partial charge in [-0.1, -0.05) is 17.7 Å². The van der Waals surface area contributed by atoms with Crippen LogP contribution in [0.2, 0.25) is 0 Å². The second kappa shape index (κ2) is 4.65. The number of esters is 1. The van der Waals surface area contributed by atoms with Gasteiger partial charge in [0, 0.05) is 0 Å². The first kappa shape index (κ1) is 10.6. The topological polar surface area (TPSA) is 35.5 Å². The van der Waals surface area contributed by atoms with Gasteiger partial charge in [0.15, 0.2) is 6.10 Å². The lowest BCUT2D eigenvalue weighted by Crippen LogP contribution is -2.24. The van der Waals surface area contributed by atoms with E-state index in [1.165, 1.54) is 7.11 Å². The molecule has 0 saturated carbocycles. The van der Waals surface area contributed by atoms with E-state index in [-0.39, 0.29) is 5.97 Å². The van der Waals surface area contributed by atoms with E-state index in [2.05, 4.69) is 4.74 Å². The van der Waals surface area contributed by atoms with Crippen molar-refractivity contribution in [3.8, 4) is 5.75 Å². The summed E-state index contributed by atoms with van der Waals surface area (Å²) < 4.78 is 9.89. The van der Waals surface area contributed by atoms with Crippen LogP contribution in [0.4, 0.5) is 0 Å². The number of hydrogen-bond acceptors (Lipinski definition) is 3. The highest BCUT2D eigenvalue weighted by Gasteiger charge is 2.14. The fourth-order valence-corrected chi connectivity index (χ4v) is 1.04. The summed E-state index contributed by atoms with van der Waals surface area (Å²) in [6.07, 6.45) is -0.567. The molecule has 0 N–H and O–H groups in total. The Labute approximate surface area is 83.6 Å². The van der Waals surface area contributed by atoms with Gasteiger partial charge in [-0.2, -0.15) is 0 Å². The minimum Gasteiger partial charge on any atom is -0.479 e. The molecule has 3 heteroatoms. The molecule has 0 bridgehead atoms. The summed E-state index contributed by atoms with van der Waals surface area (Å²) >= 11 is 0. The molecular weight excluding hydrogens is 180 g/mol. The highest BCUT2D eigenvalue weighted by Crippen LogP contribution is 2.13. The molecule has 1 aromatic carbocycles. The van der Waals surface area contributed by atoms with E-state index in [4.69, 9.17) is 4.74 Å². The Hall–Kier alpha value is -1.51. The van der Waals surface area contributed by atoms with Crippen LogP contribution >= 0.6 is 0 Å². The monoisotopic (exact) mass is 194 g/mol. The van der Waals surface area contributed by atoms with E-state index in [0.29, 0.717) is 5.75 Å². The highest BCUT2D eigenvalue weighted by atomic mass is 16.6. The molecule has 0 aromatic heterocycles. The molecule has 0 spiro atoms. The molecule has 0 amide bonds. The molecule has 1 atom stereocenters. The Morgan fingerprint density at radius 1 is 1.29 bits per heavy atom. The Kier molecular flexibility index (Phi) is 3.51. The normalized spacial score (nSPS) is 11.9. The second-order valence-corrected chi connectivity index (χ2v) is 3.10. The molecule has 0 radical (unpaired) electrons. The number of rotatable bonds is 3. The Morgan fingerprint density at radius 2 is 1.86 bits per heavy atom. The maximum absolute atomic E-state index is 11.0. The molecule has 0 aliphatic carbocycles. The fourth-order valence-electron chi connectivity index (χ4n) is 1.04. The molecule has 0 unspecified atom stereocenters. The van der Waals surface area contributed by atoms with Crippen LogP contribution in [0.25, 0.3) is 0 Å². The summed E-state index contributed by atoms with van der Waals surface area (Å²) in [5, 5.41) is 0. The first-order valence-corrected chi connectivity index (χ1v) is 4.44. The third-order valence-electron chi connectivity index (χ3n) is 1.87. The van der Waals surface area contributed by atoms with Crippen LogP contribution in [0.15, 0.2) is 24.3 Å². The van der Waals surface area contributed by atoms with Crippen LogP contribution in [0.3, 0.4) is 0 Å². The van der Waals surface area contributed by atoms with E-state index in [0.717, 1.165) is 5.56 Å². The SMILES string of the molecule is COC(=O)[C@H](C)Oc1ccc(C)cc1. The van der Waals surface area contributed by atoms with Crippen molar-refractivity contribution in [2.45, 2.75) is 20.0 Å². The highest BCUT2D eigenvalue weighted by molar-refractivity contribution is 5.74. The fraction of sp³-hybridized carbons (Fsp3) is 0.364. The maximum Gasteiger partial charge on any atom is 0.346 e. The van der Waals surface area contributed by atoms with Crippen molar-refractivity contribution in [3.63, 3.8) is 0 Å². The smallest absolute Gasteiger partial charge is 0.346 e. The van der Waals surface area contributed by atoms with Gasteiger partial charge >= 0.3 is 5.97 Å². The molecular formula is C11H14O3. The Morgan fingerprint density at radius 3 is 2.36 bits per heavy atom. The zero-order valence-electron chi connectivity index (χ0n) is 8.61. The van der Waals surface area contributed by atoms with Gasteiger partial charge in [-0.3, -0.25) is 0 Å². The lowest BCUT2D eigenvalue weighted by molar-refractivity contribution is -0.147. The largest absolute Gasteiger partial charge is 0.479 e. The van der Waals surface area contributed by atoms with Gasteiger partial charge in [0.25, 0.3) is 0 Å². The number of carbonyl (C=O) groups is 1. The number of carbonyl (C=O) groups excluding carboxylic acids is 1. The minimum atomic E-state index is -0.567. The van der Waals surface area contributed by atoms with Crippen molar-refractivity contribution in [1.29, 1.82) is 0 Å². The average Bonchev–Trinajstić information content (AvgIpc) is 2.20. The van der Waals surface area contributed by atoms with Crippen molar-refractivity contribution in [1.82, 2.24) is 0 Å². The van der Waals surface area contributed by atoms with Crippen molar-refractivity contribution >= 4 is 5.97 Å². The van der Waals surface area contributed by atoms with Gasteiger partial charge in [0.05, 0.1) is 7.11 Å². The standard InChI is InChI=1S/C11H14O3/c1-8-4-6-10(7-5-8)14-9(2)11(12)13-3/h4-7,9H,1-3H3/t9-/m0/s1. The molecule has 1 aromatic rings. The summed E-state index contributed by atoms with van der Waals surface area (Å²) in [7, 11) is 1.34. The average molecular weight is 194 g/mol. The van der Waals surface area contributed by atoms with E-state index < -0.39 is 6.10 Å². The van der Waals surface area contributed by atoms with E-state index >= 15 is 0 Å². The number of aryl methyl sites for hydroxylation is 1. The minimum absolute atomic E-state index is 0.370. The number of ether oxygens (including phenoxy) is 2. The molecule has 0 fully saturated rings. The number of benzene rings is 1. The molecule has 0 heterocycles. The zero-order chi connectivity index (χ0) is 10.6. The summed E-state index contributed by atoms with van der Waals surface area (Å²) in [4.78, 5) is 11.0. The van der Waals surface area contributed by atoms with Gasteiger partial charge < -0.3 is 9.47 Å². The molecule has 0 saturated heterocycles. The Bertz CT molecular complexity index is 303. The first-order chi connectivity index (χ1) is 6.63. The van der Waals surface area contributed by atoms with E-state index in [1.54, 1.807) is 6.92 Å². The molecule has 0 aliphatic rings. The second-order valence-electron chi connectivity index (χ2n) is 3.10. The van der Waals surface area contributed by atoms with Crippen LogP contribution in [-0.2, 0) is 9.53 Å². The van der Waals surface area contributed by atoms with Crippen molar-refractivity contribution in [2.75, 3.05) is 7.11 Å². The van der Waals surface area contributed by atoms with Gasteiger partial charge in [0.2, 0.25) is 0 Å². The van der Waals surface area contributed by atoms with Crippen molar-refractivity contribution < 1.29 is 14.3 Å². The number of methoxy groups -OCH3 is 1. The molecule has 14 heavy (non-hydrogen) atoms. The predicted octanol–water partition coefficient (Wildman–Crippen LogP) is 1.94. The summed E-state index contributed by atoms with van der Waals surface area (Å²) in [5.74, 6) is 0.305. The summed E-state index contributed by atoms with van der Waals surface area (Å²) in [6.45, 7) is 3.65. The lowest BCUT2D eigenvalue weighted by atomic mass is 10.2. The van der Waals surface area contributed by atoms with Crippen LogP contribution in [0.5, 0.6) is 5.75 Å². The molecule has 1 rings (SSSR count). The van der Waals surface area contributed by atoms with Gasteiger partial charge in [0.1, 0.15) is 5.75 Å². The van der Waals surface area contributed by atoms with Gasteiger partial charge in [-0.05, 0) is 26.0 Å². The Balaban J connectivity index is 2.60. The van der Waals surface area contributed by atoms with Crippen LogP contribution < -0.4 is 4.74 Å². The quantitative estimate of drug-likeness (QED) is 0.690. The maximum atomic E-state index is 11.0. The third kappa shape index (κ3) is 2.76. The van der Waals surface area contributed by atoms with Crippen LogP contribution in [0, 0.1) is 6.92 Å². The zero-order valence-corrected chi connectivity index (χ0v) is 8.61. The van der Waals surface area contributed by atoms with Gasteiger partial charge in [-0.15, -0.1) is 0 Å². The van der Waals surface area contributed by atoms with Crippen molar-refractivity contribution in [2.24, 2.45) is 0 Å². The first-order valence-electron chi connectivity index (χ1n) is 4.44. The van der Waals surface area contributed by atoms with Gasteiger partial charge in [-0.25, -0.2) is 4.79 Å². The third-order valence-corrected chi connectivity index (χ3v) is 1.87. The molecule has 0 aliphatic heterocycles. The lowest BCUT2D eigenvalue weighted by Gasteiger charge is -2.12. The number of hydrogen-bond donors (Lipinski definition) is 0. The predicted molar refractivity (Wildman–Crippen MR) is 53.3 cm³/mol. The van der Waals surface area contributed by atoms with Crippen LogP contribution in [0.1, 0.15) is 12.5 Å². The molecule has 76 valence electrons.